The van der Waals surface area contributed by atoms with E-state index in [4.69, 9.17) is 0 Å². The number of piperidine rings is 1. The third kappa shape index (κ3) is 2.99. The third-order valence-corrected chi connectivity index (χ3v) is 2.98. The van der Waals surface area contributed by atoms with Crippen molar-refractivity contribution in [1.29, 1.82) is 0 Å². The van der Waals surface area contributed by atoms with Crippen molar-refractivity contribution in [1.82, 2.24) is 15.3 Å². The van der Waals surface area contributed by atoms with E-state index in [1.54, 1.807) is 0 Å². The van der Waals surface area contributed by atoms with Crippen LogP contribution in [0.2, 0.25) is 0 Å². The van der Waals surface area contributed by atoms with Crippen LogP contribution in [-0.2, 0) is 12.8 Å². The average Bonchev–Trinajstić information content (AvgIpc) is 2.31. The van der Waals surface area contributed by atoms with Gasteiger partial charge in [0, 0.05) is 18.3 Å². The van der Waals surface area contributed by atoms with Gasteiger partial charge >= 0.3 is 0 Å². The number of rotatable bonds is 3. The Labute approximate surface area is 91.3 Å². The van der Waals surface area contributed by atoms with Crippen LogP contribution in [0.1, 0.15) is 31.3 Å². The van der Waals surface area contributed by atoms with Gasteiger partial charge in [-0.15, -0.1) is 0 Å². The summed E-state index contributed by atoms with van der Waals surface area (Å²) in [5.41, 5.74) is 1.20. The van der Waals surface area contributed by atoms with E-state index in [9.17, 15) is 0 Å². The van der Waals surface area contributed by atoms with Gasteiger partial charge in [-0.25, -0.2) is 9.97 Å². The molecule has 0 bridgehead atoms. The van der Waals surface area contributed by atoms with Crippen LogP contribution in [0.4, 0.5) is 0 Å². The van der Waals surface area contributed by atoms with Gasteiger partial charge in [-0.1, -0.05) is 6.92 Å². The van der Waals surface area contributed by atoms with Crippen molar-refractivity contribution in [3.8, 4) is 0 Å². The molecule has 0 radical (unpaired) electrons. The molecule has 1 aliphatic rings. The SMILES string of the molecule is CCc1nccc(CC2CCCNC2)n1. The molecule has 1 unspecified atom stereocenters. The molecular weight excluding hydrogens is 186 g/mol. The van der Waals surface area contributed by atoms with Crippen LogP contribution in [0.15, 0.2) is 12.3 Å². The maximum absolute atomic E-state index is 4.55. The van der Waals surface area contributed by atoms with Gasteiger partial charge in [-0.2, -0.15) is 0 Å². The molecule has 15 heavy (non-hydrogen) atoms. The Morgan fingerprint density at radius 1 is 1.53 bits per heavy atom. The summed E-state index contributed by atoms with van der Waals surface area (Å²) in [5, 5.41) is 3.44. The lowest BCUT2D eigenvalue weighted by molar-refractivity contribution is 0.373. The number of aryl methyl sites for hydroxylation is 1. The Morgan fingerprint density at radius 3 is 3.20 bits per heavy atom. The minimum Gasteiger partial charge on any atom is -0.316 e. The maximum atomic E-state index is 4.55. The average molecular weight is 205 g/mol. The molecule has 1 N–H and O–H groups in total. The fourth-order valence-corrected chi connectivity index (χ4v) is 2.12. The van der Waals surface area contributed by atoms with Gasteiger partial charge in [-0.3, -0.25) is 0 Å². The van der Waals surface area contributed by atoms with E-state index >= 15 is 0 Å². The van der Waals surface area contributed by atoms with Crippen molar-refractivity contribution in [3.05, 3.63) is 23.8 Å². The predicted molar refractivity (Wildman–Crippen MR) is 60.7 cm³/mol. The molecule has 1 aromatic heterocycles. The van der Waals surface area contributed by atoms with Crippen LogP contribution in [0, 0.1) is 5.92 Å². The van der Waals surface area contributed by atoms with Crippen LogP contribution in [0.5, 0.6) is 0 Å². The van der Waals surface area contributed by atoms with Crippen molar-refractivity contribution in [2.75, 3.05) is 13.1 Å². The lowest BCUT2D eigenvalue weighted by Crippen LogP contribution is -2.31. The van der Waals surface area contributed by atoms with Gasteiger partial charge < -0.3 is 5.32 Å². The third-order valence-electron chi connectivity index (χ3n) is 2.98. The summed E-state index contributed by atoms with van der Waals surface area (Å²) in [6, 6.07) is 2.05. The number of nitrogens with zero attached hydrogens (tertiary/aromatic N) is 2. The molecule has 1 aromatic rings. The summed E-state index contributed by atoms with van der Waals surface area (Å²) < 4.78 is 0. The highest BCUT2D eigenvalue weighted by molar-refractivity contribution is 5.03. The van der Waals surface area contributed by atoms with Gasteiger partial charge in [0.15, 0.2) is 0 Å². The standard InChI is InChI=1S/C12H19N3/c1-2-12-14-7-5-11(15-12)8-10-4-3-6-13-9-10/h5,7,10,13H,2-4,6,8-9H2,1H3. The summed E-state index contributed by atoms with van der Waals surface area (Å²) in [6.07, 6.45) is 6.55. The molecule has 0 amide bonds. The highest BCUT2D eigenvalue weighted by Crippen LogP contribution is 2.14. The van der Waals surface area contributed by atoms with Gasteiger partial charge in [0.05, 0.1) is 0 Å². The van der Waals surface area contributed by atoms with Gasteiger partial charge in [0.1, 0.15) is 5.82 Å². The first-order valence-corrected chi connectivity index (χ1v) is 5.90. The van der Waals surface area contributed by atoms with Crippen LogP contribution in [0.3, 0.4) is 0 Å². The summed E-state index contributed by atoms with van der Waals surface area (Å²) in [5.74, 6) is 1.73. The summed E-state index contributed by atoms with van der Waals surface area (Å²) >= 11 is 0. The highest BCUT2D eigenvalue weighted by atomic mass is 14.9. The number of hydrogen-bond donors (Lipinski definition) is 1. The van der Waals surface area contributed by atoms with Crippen molar-refractivity contribution in [3.63, 3.8) is 0 Å². The van der Waals surface area contributed by atoms with E-state index in [0.717, 1.165) is 31.1 Å². The molecule has 2 rings (SSSR count). The molecule has 1 atom stereocenters. The van der Waals surface area contributed by atoms with Crippen LogP contribution in [-0.4, -0.2) is 23.1 Å². The minimum atomic E-state index is 0.762. The second-order valence-corrected chi connectivity index (χ2v) is 4.23. The zero-order valence-corrected chi connectivity index (χ0v) is 9.37. The van der Waals surface area contributed by atoms with E-state index in [0.29, 0.717) is 0 Å². The van der Waals surface area contributed by atoms with Crippen LogP contribution in [0.25, 0.3) is 0 Å². The molecule has 0 aliphatic carbocycles. The molecule has 2 heterocycles. The molecule has 1 fully saturated rings. The quantitative estimate of drug-likeness (QED) is 0.814. The number of nitrogens with one attached hydrogen (secondary N) is 1. The first kappa shape index (κ1) is 10.6. The Morgan fingerprint density at radius 2 is 2.47 bits per heavy atom. The molecule has 1 aliphatic heterocycles. The topological polar surface area (TPSA) is 37.8 Å². The van der Waals surface area contributed by atoms with Crippen molar-refractivity contribution >= 4 is 0 Å². The second-order valence-electron chi connectivity index (χ2n) is 4.23. The molecule has 3 heteroatoms. The van der Waals surface area contributed by atoms with E-state index in [1.165, 1.54) is 25.1 Å². The van der Waals surface area contributed by atoms with Crippen molar-refractivity contribution < 1.29 is 0 Å². The maximum Gasteiger partial charge on any atom is 0.128 e. The largest absolute Gasteiger partial charge is 0.316 e. The fraction of sp³-hybridized carbons (Fsp3) is 0.667. The lowest BCUT2D eigenvalue weighted by atomic mass is 9.94. The molecule has 0 saturated carbocycles. The first-order chi connectivity index (χ1) is 7.38. The van der Waals surface area contributed by atoms with Crippen molar-refractivity contribution in [2.24, 2.45) is 5.92 Å². The molecule has 3 nitrogen and oxygen atoms in total. The Balaban J connectivity index is 1.96. The summed E-state index contributed by atoms with van der Waals surface area (Å²) in [4.78, 5) is 8.77. The lowest BCUT2D eigenvalue weighted by Gasteiger charge is -2.22. The Hall–Kier alpha value is -0.960. The monoisotopic (exact) mass is 205 g/mol. The van der Waals surface area contributed by atoms with Crippen LogP contribution >= 0.6 is 0 Å². The minimum absolute atomic E-state index is 0.762. The van der Waals surface area contributed by atoms with E-state index < -0.39 is 0 Å². The predicted octanol–water partition coefficient (Wildman–Crippen LogP) is 1.58. The summed E-state index contributed by atoms with van der Waals surface area (Å²) in [6.45, 7) is 4.42. The first-order valence-electron chi connectivity index (χ1n) is 5.90. The van der Waals surface area contributed by atoms with Gasteiger partial charge in [0.25, 0.3) is 0 Å². The Bertz CT molecular complexity index is 305. The Kier molecular flexibility index (Phi) is 3.67. The van der Waals surface area contributed by atoms with Crippen LogP contribution < -0.4 is 5.32 Å². The molecular formula is C12H19N3. The fourth-order valence-electron chi connectivity index (χ4n) is 2.12. The van der Waals surface area contributed by atoms with Gasteiger partial charge in [-0.05, 0) is 44.3 Å². The molecule has 0 aromatic carbocycles. The molecule has 82 valence electrons. The normalized spacial score (nSPS) is 21.5. The number of hydrogen-bond acceptors (Lipinski definition) is 3. The van der Waals surface area contributed by atoms with E-state index in [1.807, 2.05) is 12.3 Å². The smallest absolute Gasteiger partial charge is 0.128 e. The molecule has 0 spiro atoms. The zero-order chi connectivity index (χ0) is 10.5. The van der Waals surface area contributed by atoms with Gasteiger partial charge in [0.2, 0.25) is 0 Å². The van der Waals surface area contributed by atoms with E-state index in [2.05, 4.69) is 22.2 Å². The van der Waals surface area contributed by atoms with Crippen molar-refractivity contribution in [2.45, 2.75) is 32.6 Å². The second kappa shape index (κ2) is 5.21. The van der Waals surface area contributed by atoms with E-state index in [-0.39, 0.29) is 0 Å². The molecule has 1 saturated heterocycles. The number of aromatic nitrogens is 2. The highest BCUT2D eigenvalue weighted by Gasteiger charge is 2.14. The summed E-state index contributed by atoms with van der Waals surface area (Å²) in [7, 11) is 0. The zero-order valence-electron chi connectivity index (χ0n) is 9.37.